The lowest BCUT2D eigenvalue weighted by Crippen LogP contribution is -2.31. The zero-order valence-corrected chi connectivity index (χ0v) is 11.4. The first-order valence-corrected chi connectivity index (χ1v) is 6.20. The third-order valence-corrected chi connectivity index (χ3v) is 3.09. The van der Waals surface area contributed by atoms with E-state index >= 15 is 0 Å². The minimum Gasteiger partial charge on any atom is -0.350 e. The van der Waals surface area contributed by atoms with Crippen molar-refractivity contribution in [3.05, 3.63) is 35.3 Å². The first-order valence-electron chi connectivity index (χ1n) is 6.20. The predicted octanol–water partition coefficient (Wildman–Crippen LogP) is 1.91. The Balaban J connectivity index is 2.20. The number of fused-ring (bicyclic) bond motifs is 1. The van der Waals surface area contributed by atoms with Crippen molar-refractivity contribution < 1.29 is 9.18 Å². The summed E-state index contributed by atoms with van der Waals surface area (Å²) in [5.74, 6) is -0.468. The van der Waals surface area contributed by atoms with Gasteiger partial charge in [0.1, 0.15) is 11.5 Å². The number of likely N-dealkylation sites (N-methyl/N-ethyl adjacent to an activating group) is 1. The molecule has 2 rings (SSSR count). The van der Waals surface area contributed by atoms with Crippen LogP contribution in [0.5, 0.6) is 0 Å². The number of halogens is 1. The number of nitrogens with zero attached hydrogens (tertiary/aromatic N) is 1. The van der Waals surface area contributed by atoms with E-state index in [4.69, 9.17) is 0 Å². The minimum absolute atomic E-state index is 0.157. The molecule has 0 aliphatic heterocycles. The fraction of sp³-hybridized carbons (Fsp3) is 0.357. The quantitative estimate of drug-likeness (QED) is 0.885. The van der Waals surface area contributed by atoms with Gasteiger partial charge in [0.15, 0.2) is 0 Å². The average molecular weight is 263 g/mol. The molecular formula is C14H18FN3O. The molecule has 102 valence electrons. The second-order valence-corrected chi connectivity index (χ2v) is 4.87. The zero-order chi connectivity index (χ0) is 14.0. The molecule has 0 saturated carbocycles. The van der Waals surface area contributed by atoms with E-state index in [0.29, 0.717) is 17.8 Å². The molecule has 19 heavy (non-hydrogen) atoms. The third-order valence-electron chi connectivity index (χ3n) is 3.09. The van der Waals surface area contributed by atoms with Gasteiger partial charge in [0.25, 0.3) is 5.91 Å². The van der Waals surface area contributed by atoms with Crippen LogP contribution in [-0.2, 0) is 0 Å². The number of nitrogens with one attached hydrogen (secondary N) is 2. The molecule has 0 atom stereocenters. The molecular weight excluding hydrogens is 245 g/mol. The summed E-state index contributed by atoms with van der Waals surface area (Å²) in [6, 6.07) is 4.49. The van der Waals surface area contributed by atoms with Crippen LogP contribution in [0.4, 0.5) is 4.39 Å². The summed E-state index contributed by atoms with van der Waals surface area (Å²) in [5, 5.41) is 3.72. The molecule has 1 aromatic heterocycles. The van der Waals surface area contributed by atoms with Crippen molar-refractivity contribution in [2.24, 2.45) is 0 Å². The van der Waals surface area contributed by atoms with Crippen LogP contribution in [0, 0.1) is 12.7 Å². The molecule has 2 aromatic rings. The Morgan fingerprint density at radius 1 is 1.42 bits per heavy atom. The van der Waals surface area contributed by atoms with Crippen LogP contribution in [0.1, 0.15) is 16.1 Å². The minimum atomic E-state index is -0.312. The van der Waals surface area contributed by atoms with Crippen LogP contribution in [0.2, 0.25) is 0 Å². The Kier molecular flexibility index (Phi) is 3.85. The molecule has 0 aliphatic carbocycles. The van der Waals surface area contributed by atoms with E-state index in [2.05, 4.69) is 10.3 Å². The fourth-order valence-electron chi connectivity index (χ4n) is 2.02. The number of hydrogen-bond donors (Lipinski definition) is 2. The Labute approximate surface area is 111 Å². The molecule has 4 nitrogen and oxygen atoms in total. The summed E-state index contributed by atoms with van der Waals surface area (Å²) in [4.78, 5) is 17.0. The van der Waals surface area contributed by atoms with E-state index < -0.39 is 0 Å². The second kappa shape index (κ2) is 5.40. The van der Waals surface area contributed by atoms with Gasteiger partial charge in [-0.1, -0.05) is 0 Å². The first-order chi connectivity index (χ1) is 8.99. The van der Waals surface area contributed by atoms with Gasteiger partial charge in [-0.25, -0.2) is 4.39 Å². The summed E-state index contributed by atoms with van der Waals surface area (Å²) in [6.45, 7) is 3.21. The van der Waals surface area contributed by atoms with Crippen LogP contribution in [0.15, 0.2) is 18.2 Å². The predicted molar refractivity (Wildman–Crippen MR) is 73.9 cm³/mol. The molecule has 0 bridgehead atoms. The smallest absolute Gasteiger partial charge is 0.268 e. The number of carbonyl (C=O) groups is 1. The van der Waals surface area contributed by atoms with Gasteiger partial charge in [0, 0.05) is 24.0 Å². The van der Waals surface area contributed by atoms with Gasteiger partial charge in [-0.15, -0.1) is 0 Å². The topological polar surface area (TPSA) is 48.1 Å². The normalized spacial score (nSPS) is 11.2. The Bertz CT molecular complexity index is 604. The second-order valence-electron chi connectivity index (χ2n) is 4.87. The van der Waals surface area contributed by atoms with Gasteiger partial charge in [-0.2, -0.15) is 0 Å². The summed E-state index contributed by atoms with van der Waals surface area (Å²) in [7, 11) is 3.90. The van der Waals surface area contributed by atoms with Crippen LogP contribution in [0.25, 0.3) is 10.9 Å². The molecule has 0 saturated heterocycles. The van der Waals surface area contributed by atoms with Crippen LogP contribution >= 0.6 is 0 Å². The lowest BCUT2D eigenvalue weighted by Gasteiger charge is -2.10. The van der Waals surface area contributed by atoms with E-state index in [9.17, 15) is 9.18 Å². The molecule has 1 aromatic carbocycles. The molecule has 2 N–H and O–H groups in total. The number of aromatic amines is 1. The number of carbonyl (C=O) groups excluding carboxylic acids is 1. The van der Waals surface area contributed by atoms with Crippen molar-refractivity contribution in [1.82, 2.24) is 15.2 Å². The largest absolute Gasteiger partial charge is 0.350 e. The van der Waals surface area contributed by atoms with Gasteiger partial charge < -0.3 is 15.2 Å². The van der Waals surface area contributed by atoms with E-state index in [-0.39, 0.29) is 11.7 Å². The number of benzene rings is 1. The van der Waals surface area contributed by atoms with Crippen molar-refractivity contribution >= 4 is 16.8 Å². The molecule has 0 aliphatic rings. The third kappa shape index (κ3) is 2.93. The summed E-state index contributed by atoms with van der Waals surface area (Å²) in [5.41, 5.74) is 1.99. The molecule has 1 heterocycles. The monoisotopic (exact) mass is 263 g/mol. The number of aromatic nitrogens is 1. The highest BCUT2D eigenvalue weighted by Gasteiger charge is 2.14. The summed E-state index contributed by atoms with van der Waals surface area (Å²) < 4.78 is 13.1. The number of amides is 1. The highest BCUT2D eigenvalue weighted by molar-refractivity contribution is 6.00. The first kappa shape index (κ1) is 13.5. The molecule has 5 heteroatoms. The van der Waals surface area contributed by atoms with Gasteiger partial charge in [-0.05, 0) is 44.8 Å². The van der Waals surface area contributed by atoms with Crippen LogP contribution < -0.4 is 5.32 Å². The van der Waals surface area contributed by atoms with E-state index in [0.717, 1.165) is 17.5 Å². The SMILES string of the molecule is Cc1c(C(=O)NCCN(C)C)[nH]c2cc(F)ccc12. The van der Waals surface area contributed by atoms with Crippen molar-refractivity contribution in [3.63, 3.8) is 0 Å². The maximum absolute atomic E-state index is 13.1. The number of rotatable bonds is 4. The number of hydrogen-bond acceptors (Lipinski definition) is 2. The van der Waals surface area contributed by atoms with Gasteiger partial charge >= 0.3 is 0 Å². The fourth-order valence-corrected chi connectivity index (χ4v) is 2.02. The molecule has 0 unspecified atom stereocenters. The standard InChI is InChI=1S/C14H18FN3O/c1-9-11-5-4-10(15)8-12(11)17-13(9)14(19)16-6-7-18(2)3/h4-5,8,17H,6-7H2,1-3H3,(H,16,19). The van der Waals surface area contributed by atoms with E-state index in [1.54, 1.807) is 6.07 Å². The zero-order valence-electron chi connectivity index (χ0n) is 11.4. The Morgan fingerprint density at radius 2 is 2.16 bits per heavy atom. The average Bonchev–Trinajstić information content (AvgIpc) is 2.65. The number of aryl methyl sites for hydroxylation is 1. The van der Waals surface area contributed by atoms with Gasteiger partial charge in [0.05, 0.1) is 0 Å². The maximum atomic E-state index is 13.1. The lowest BCUT2D eigenvalue weighted by molar-refractivity contribution is 0.0946. The highest BCUT2D eigenvalue weighted by Crippen LogP contribution is 2.22. The maximum Gasteiger partial charge on any atom is 0.268 e. The lowest BCUT2D eigenvalue weighted by atomic mass is 10.1. The molecule has 0 radical (unpaired) electrons. The molecule has 0 spiro atoms. The van der Waals surface area contributed by atoms with Crippen molar-refractivity contribution in [1.29, 1.82) is 0 Å². The summed E-state index contributed by atoms with van der Waals surface area (Å²) >= 11 is 0. The highest BCUT2D eigenvalue weighted by atomic mass is 19.1. The molecule has 1 amide bonds. The Hall–Kier alpha value is -1.88. The van der Waals surface area contributed by atoms with E-state index in [1.165, 1.54) is 12.1 Å². The van der Waals surface area contributed by atoms with Crippen LogP contribution in [-0.4, -0.2) is 43.0 Å². The van der Waals surface area contributed by atoms with Crippen molar-refractivity contribution in [2.45, 2.75) is 6.92 Å². The van der Waals surface area contributed by atoms with Crippen molar-refractivity contribution in [2.75, 3.05) is 27.2 Å². The van der Waals surface area contributed by atoms with Gasteiger partial charge in [-0.3, -0.25) is 4.79 Å². The van der Waals surface area contributed by atoms with E-state index in [1.807, 2.05) is 25.9 Å². The number of H-pyrrole nitrogens is 1. The van der Waals surface area contributed by atoms with Crippen molar-refractivity contribution in [3.8, 4) is 0 Å². The van der Waals surface area contributed by atoms with Crippen LogP contribution in [0.3, 0.4) is 0 Å². The summed E-state index contributed by atoms with van der Waals surface area (Å²) in [6.07, 6.45) is 0. The van der Waals surface area contributed by atoms with Gasteiger partial charge in [0.2, 0.25) is 0 Å². The Morgan fingerprint density at radius 3 is 2.84 bits per heavy atom. The molecule has 0 fully saturated rings.